The fraction of sp³-hybridized carbons (Fsp3) is 0.455. The summed E-state index contributed by atoms with van der Waals surface area (Å²) in [7, 11) is 4.01. The van der Waals surface area contributed by atoms with Gasteiger partial charge in [0.05, 0.1) is 5.69 Å². The molecule has 3 fully saturated rings. The van der Waals surface area contributed by atoms with Crippen LogP contribution in [-0.2, 0) is 6.54 Å². The molecule has 0 radical (unpaired) electrons. The van der Waals surface area contributed by atoms with Gasteiger partial charge in [0.2, 0.25) is 0 Å². The van der Waals surface area contributed by atoms with Crippen LogP contribution in [0.5, 0.6) is 0 Å². The van der Waals surface area contributed by atoms with Crippen LogP contribution in [0.2, 0.25) is 0 Å². The predicted molar refractivity (Wildman–Crippen MR) is 108 cm³/mol. The molecule has 5 nitrogen and oxygen atoms in total. The fourth-order valence-electron chi connectivity index (χ4n) is 4.36. The smallest absolute Gasteiger partial charge is 0.254 e. The standard InChI is InChI=1S/C22H28N4O/c1-24(2)20-8-5-6-18(12-20)22(27)26-14-17-9-10-21(26)16-25(13-17)15-19-7-3-4-11-23-19/h3-8,11-12,17,21H,9-10,13-16H2,1-2H3. The van der Waals surface area contributed by atoms with Crippen molar-refractivity contribution in [2.24, 2.45) is 5.92 Å². The van der Waals surface area contributed by atoms with Gasteiger partial charge in [-0.15, -0.1) is 0 Å². The molecule has 0 aliphatic carbocycles. The van der Waals surface area contributed by atoms with E-state index in [4.69, 9.17) is 0 Å². The number of fused-ring (bicyclic) bond motifs is 4. The minimum Gasteiger partial charge on any atom is -0.378 e. The third-order valence-electron chi connectivity index (χ3n) is 5.77. The number of anilines is 1. The first-order chi connectivity index (χ1) is 13.1. The molecule has 4 heterocycles. The highest BCUT2D eigenvalue weighted by Gasteiger charge is 2.37. The Morgan fingerprint density at radius 1 is 1.11 bits per heavy atom. The van der Waals surface area contributed by atoms with Crippen molar-refractivity contribution in [1.82, 2.24) is 14.8 Å². The summed E-state index contributed by atoms with van der Waals surface area (Å²) in [6, 6.07) is 14.4. The topological polar surface area (TPSA) is 39.7 Å². The zero-order valence-corrected chi connectivity index (χ0v) is 16.2. The maximum absolute atomic E-state index is 13.3. The van der Waals surface area contributed by atoms with Gasteiger partial charge in [-0.3, -0.25) is 14.7 Å². The molecule has 2 bridgehead atoms. The summed E-state index contributed by atoms with van der Waals surface area (Å²) in [6.45, 7) is 3.72. The number of rotatable bonds is 4. The van der Waals surface area contributed by atoms with Crippen LogP contribution in [0.1, 0.15) is 28.9 Å². The molecular weight excluding hydrogens is 336 g/mol. The van der Waals surface area contributed by atoms with Crippen LogP contribution in [0.3, 0.4) is 0 Å². The summed E-state index contributed by atoms with van der Waals surface area (Å²) in [6.07, 6.45) is 4.17. The van der Waals surface area contributed by atoms with Gasteiger partial charge in [-0.05, 0) is 49.1 Å². The first-order valence-electron chi connectivity index (χ1n) is 9.81. The molecule has 0 N–H and O–H groups in total. The van der Waals surface area contributed by atoms with Crippen molar-refractivity contribution in [2.75, 3.05) is 38.6 Å². The molecule has 5 heteroatoms. The third-order valence-corrected chi connectivity index (χ3v) is 5.77. The van der Waals surface area contributed by atoms with Crippen LogP contribution in [-0.4, -0.2) is 60.5 Å². The maximum atomic E-state index is 13.3. The Kier molecular flexibility index (Phi) is 5.12. The van der Waals surface area contributed by atoms with Crippen molar-refractivity contribution in [3.63, 3.8) is 0 Å². The second-order valence-electron chi connectivity index (χ2n) is 8.01. The van der Waals surface area contributed by atoms with E-state index >= 15 is 0 Å². The lowest BCUT2D eigenvalue weighted by atomic mass is 9.94. The maximum Gasteiger partial charge on any atom is 0.254 e. The molecule has 0 saturated carbocycles. The molecular formula is C22H28N4O. The second-order valence-corrected chi connectivity index (χ2v) is 8.01. The van der Waals surface area contributed by atoms with Crippen LogP contribution < -0.4 is 4.90 Å². The fourth-order valence-corrected chi connectivity index (χ4v) is 4.36. The molecule has 0 spiro atoms. The van der Waals surface area contributed by atoms with Crippen molar-refractivity contribution in [1.29, 1.82) is 0 Å². The lowest BCUT2D eigenvalue weighted by Gasteiger charge is -2.36. The zero-order chi connectivity index (χ0) is 18.8. The summed E-state index contributed by atoms with van der Waals surface area (Å²) >= 11 is 0. The molecule has 2 atom stereocenters. The number of hydrogen-bond donors (Lipinski definition) is 0. The lowest BCUT2D eigenvalue weighted by Crippen LogP contribution is -2.47. The van der Waals surface area contributed by atoms with Crippen LogP contribution in [0.25, 0.3) is 0 Å². The number of nitrogens with zero attached hydrogens (tertiary/aromatic N) is 4. The number of carbonyl (C=O) groups is 1. The number of piperidine rings is 1. The van der Waals surface area contributed by atoms with E-state index in [1.807, 2.05) is 61.6 Å². The van der Waals surface area contributed by atoms with Crippen molar-refractivity contribution < 1.29 is 4.79 Å². The van der Waals surface area contributed by atoms with E-state index in [1.54, 1.807) is 0 Å². The molecule has 3 aliphatic rings. The largest absolute Gasteiger partial charge is 0.378 e. The average Bonchev–Trinajstić information content (AvgIpc) is 2.99. The van der Waals surface area contributed by atoms with Crippen LogP contribution in [0, 0.1) is 5.92 Å². The summed E-state index contributed by atoms with van der Waals surface area (Å²) < 4.78 is 0. The van der Waals surface area contributed by atoms with Crippen LogP contribution in [0.15, 0.2) is 48.7 Å². The molecule has 3 saturated heterocycles. The number of pyridine rings is 1. The molecule has 27 heavy (non-hydrogen) atoms. The van der Waals surface area contributed by atoms with Gasteiger partial charge >= 0.3 is 0 Å². The monoisotopic (exact) mass is 364 g/mol. The first kappa shape index (κ1) is 18.0. The summed E-state index contributed by atoms with van der Waals surface area (Å²) in [5, 5.41) is 0. The Morgan fingerprint density at radius 3 is 2.78 bits per heavy atom. The van der Waals surface area contributed by atoms with Crippen molar-refractivity contribution in [2.45, 2.75) is 25.4 Å². The molecule has 5 rings (SSSR count). The normalized spacial score (nSPS) is 22.5. The summed E-state index contributed by atoms with van der Waals surface area (Å²) in [5.41, 5.74) is 2.97. The first-order valence-corrected chi connectivity index (χ1v) is 9.81. The Morgan fingerprint density at radius 2 is 2.00 bits per heavy atom. The van der Waals surface area contributed by atoms with Gasteiger partial charge in [0, 0.05) is 63.8 Å². The van der Waals surface area contributed by atoms with E-state index in [9.17, 15) is 4.79 Å². The third kappa shape index (κ3) is 3.98. The molecule has 2 unspecified atom stereocenters. The van der Waals surface area contributed by atoms with Crippen LogP contribution in [0.4, 0.5) is 5.69 Å². The van der Waals surface area contributed by atoms with E-state index < -0.39 is 0 Å². The minimum absolute atomic E-state index is 0.174. The summed E-state index contributed by atoms with van der Waals surface area (Å²) in [4.78, 5) is 24.4. The SMILES string of the molecule is CN(C)c1cccc(C(=O)N2CC3CCC2CN(Cc2ccccn2)C3)c1. The van der Waals surface area contributed by atoms with Crippen molar-refractivity contribution in [3.8, 4) is 0 Å². The van der Waals surface area contributed by atoms with Gasteiger partial charge < -0.3 is 9.80 Å². The molecule has 1 amide bonds. The van der Waals surface area contributed by atoms with E-state index in [0.29, 0.717) is 12.0 Å². The summed E-state index contributed by atoms with van der Waals surface area (Å²) in [5.74, 6) is 0.724. The van der Waals surface area contributed by atoms with Gasteiger partial charge in [0.15, 0.2) is 0 Å². The number of amides is 1. The number of hydrogen-bond acceptors (Lipinski definition) is 4. The van der Waals surface area contributed by atoms with Gasteiger partial charge in [-0.2, -0.15) is 0 Å². The molecule has 2 aromatic rings. The van der Waals surface area contributed by atoms with E-state index in [2.05, 4.69) is 20.9 Å². The Hall–Kier alpha value is -2.40. The van der Waals surface area contributed by atoms with Gasteiger partial charge in [0.1, 0.15) is 0 Å². The van der Waals surface area contributed by atoms with Crippen molar-refractivity contribution in [3.05, 3.63) is 59.9 Å². The van der Waals surface area contributed by atoms with Crippen LogP contribution >= 0.6 is 0 Å². The van der Waals surface area contributed by atoms with Gasteiger partial charge in [0.25, 0.3) is 5.91 Å². The zero-order valence-electron chi connectivity index (χ0n) is 16.2. The highest BCUT2D eigenvalue weighted by molar-refractivity contribution is 5.95. The highest BCUT2D eigenvalue weighted by atomic mass is 16.2. The Bertz CT molecular complexity index is 792. The van der Waals surface area contributed by atoms with Gasteiger partial charge in [-0.25, -0.2) is 0 Å². The lowest BCUT2D eigenvalue weighted by molar-refractivity contribution is 0.0585. The average molecular weight is 364 g/mol. The minimum atomic E-state index is 0.174. The highest BCUT2D eigenvalue weighted by Crippen LogP contribution is 2.30. The van der Waals surface area contributed by atoms with E-state index in [1.165, 1.54) is 6.42 Å². The Balaban J connectivity index is 1.50. The quantitative estimate of drug-likeness (QED) is 0.836. The van der Waals surface area contributed by atoms with Gasteiger partial charge in [-0.1, -0.05) is 12.1 Å². The Labute approximate surface area is 161 Å². The number of benzene rings is 1. The van der Waals surface area contributed by atoms with E-state index in [0.717, 1.165) is 49.5 Å². The molecule has 142 valence electrons. The molecule has 1 aromatic carbocycles. The van der Waals surface area contributed by atoms with E-state index in [-0.39, 0.29) is 5.91 Å². The number of aromatic nitrogens is 1. The molecule has 1 aromatic heterocycles. The molecule has 3 aliphatic heterocycles. The second kappa shape index (κ2) is 7.69. The number of carbonyl (C=O) groups excluding carboxylic acids is 1. The van der Waals surface area contributed by atoms with Crippen molar-refractivity contribution >= 4 is 11.6 Å². The predicted octanol–water partition coefficient (Wildman–Crippen LogP) is 2.88.